The second kappa shape index (κ2) is 5.16. The topological polar surface area (TPSA) is 92.9 Å². The predicted octanol–water partition coefficient (Wildman–Crippen LogP) is 1.28. The molecular weight excluding hydrogens is 270 g/mol. The number of carbonyl (C=O) groups is 1. The Morgan fingerprint density at radius 1 is 1.52 bits per heavy atom. The molecule has 7 heteroatoms. The van der Waals surface area contributed by atoms with Crippen molar-refractivity contribution in [2.75, 3.05) is 0 Å². The van der Waals surface area contributed by atoms with Gasteiger partial charge in [0.15, 0.2) is 5.75 Å². The highest BCUT2D eigenvalue weighted by Crippen LogP contribution is 2.37. The summed E-state index contributed by atoms with van der Waals surface area (Å²) in [6.45, 7) is 1.77. The Balaban J connectivity index is 1.73. The molecule has 110 valence electrons. The number of rotatable bonds is 4. The first-order valence-corrected chi connectivity index (χ1v) is 6.91. The summed E-state index contributed by atoms with van der Waals surface area (Å²) in [6, 6.07) is 1.18. The number of nitrogens with one attached hydrogen (secondary N) is 1. The lowest BCUT2D eigenvalue weighted by Crippen LogP contribution is -2.28. The summed E-state index contributed by atoms with van der Waals surface area (Å²) in [6.07, 6.45) is 5.28. The van der Waals surface area contributed by atoms with E-state index in [1.807, 2.05) is 0 Å². The molecule has 1 atom stereocenters. The van der Waals surface area contributed by atoms with E-state index in [-0.39, 0.29) is 11.7 Å². The van der Waals surface area contributed by atoms with Crippen LogP contribution in [-0.2, 0) is 7.05 Å². The Morgan fingerprint density at radius 2 is 2.29 bits per heavy atom. The van der Waals surface area contributed by atoms with Crippen LogP contribution in [0.3, 0.4) is 0 Å². The van der Waals surface area contributed by atoms with E-state index in [1.165, 1.54) is 10.9 Å². The molecule has 1 aliphatic carbocycles. The van der Waals surface area contributed by atoms with Crippen molar-refractivity contribution in [2.45, 2.75) is 31.7 Å². The van der Waals surface area contributed by atoms with Gasteiger partial charge in [-0.15, -0.1) is 0 Å². The highest BCUT2D eigenvalue weighted by molar-refractivity contribution is 5.92. The van der Waals surface area contributed by atoms with Gasteiger partial charge in [-0.3, -0.25) is 9.48 Å². The number of aromatic nitrogens is 4. The van der Waals surface area contributed by atoms with Gasteiger partial charge in [0.2, 0.25) is 0 Å². The summed E-state index contributed by atoms with van der Waals surface area (Å²) < 4.78 is 1.50. The Morgan fingerprint density at radius 3 is 2.90 bits per heavy atom. The minimum absolute atomic E-state index is 0.0617. The Kier molecular flexibility index (Phi) is 3.32. The molecule has 21 heavy (non-hydrogen) atoms. The fourth-order valence-electron chi connectivity index (χ4n) is 2.18. The lowest BCUT2D eigenvalue weighted by atomic mass is 10.2. The second-order valence-corrected chi connectivity index (χ2v) is 5.34. The van der Waals surface area contributed by atoms with E-state index in [9.17, 15) is 9.90 Å². The van der Waals surface area contributed by atoms with E-state index in [1.54, 1.807) is 26.2 Å². The number of nitrogens with zero attached hydrogens (tertiary/aromatic N) is 4. The molecule has 2 heterocycles. The maximum atomic E-state index is 12.2. The Bertz CT molecular complexity index is 678. The normalized spacial score (nSPS) is 15.7. The van der Waals surface area contributed by atoms with Crippen molar-refractivity contribution in [3.05, 3.63) is 35.7 Å². The lowest BCUT2D eigenvalue weighted by molar-refractivity contribution is 0.0933. The van der Waals surface area contributed by atoms with Crippen molar-refractivity contribution in [3.8, 4) is 5.75 Å². The van der Waals surface area contributed by atoms with E-state index in [0.29, 0.717) is 17.3 Å². The van der Waals surface area contributed by atoms with Crippen LogP contribution in [0.15, 0.2) is 18.5 Å². The van der Waals surface area contributed by atoms with Crippen molar-refractivity contribution in [2.24, 2.45) is 7.05 Å². The molecule has 0 aliphatic heterocycles. The Labute approximate surface area is 122 Å². The number of aryl methyl sites for hydroxylation is 1. The summed E-state index contributed by atoms with van der Waals surface area (Å²) in [5.74, 6) is 0.898. The second-order valence-electron chi connectivity index (χ2n) is 5.34. The summed E-state index contributed by atoms with van der Waals surface area (Å²) in [4.78, 5) is 20.7. The SMILES string of the molecule is CC(NC(=O)c1ccnc(C2CC2)n1)c1nn(C)cc1O. The molecule has 1 fully saturated rings. The van der Waals surface area contributed by atoms with E-state index >= 15 is 0 Å². The van der Waals surface area contributed by atoms with Crippen LogP contribution in [0.5, 0.6) is 5.75 Å². The van der Waals surface area contributed by atoms with E-state index in [2.05, 4.69) is 20.4 Å². The molecule has 2 aromatic rings. The van der Waals surface area contributed by atoms with Gasteiger partial charge in [0.25, 0.3) is 5.91 Å². The smallest absolute Gasteiger partial charge is 0.270 e. The number of hydrogen-bond donors (Lipinski definition) is 2. The number of carbonyl (C=O) groups excluding carboxylic acids is 1. The van der Waals surface area contributed by atoms with Gasteiger partial charge in [-0.05, 0) is 25.8 Å². The first-order valence-electron chi connectivity index (χ1n) is 6.91. The van der Waals surface area contributed by atoms with Crippen LogP contribution in [-0.4, -0.2) is 30.8 Å². The zero-order chi connectivity index (χ0) is 15.0. The first kappa shape index (κ1) is 13.5. The highest BCUT2D eigenvalue weighted by Gasteiger charge is 2.27. The van der Waals surface area contributed by atoms with E-state index < -0.39 is 6.04 Å². The van der Waals surface area contributed by atoms with Gasteiger partial charge in [-0.1, -0.05) is 0 Å². The molecule has 0 aromatic carbocycles. The minimum atomic E-state index is -0.405. The van der Waals surface area contributed by atoms with Crippen LogP contribution in [0.1, 0.15) is 53.7 Å². The third-order valence-corrected chi connectivity index (χ3v) is 3.44. The standard InChI is InChI=1S/C14H17N5O2/c1-8(12-11(20)7-19(2)18-12)16-14(21)10-5-6-15-13(17-10)9-3-4-9/h5-9,20H,3-4H2,1-2H3,(H,16,21). The molecule has 0 spiro atoms. The summed E-state index contributed by atoms with van der Waals surface area (Å²) in [7, 11) is 1.71. The van der Waals surface area contributed by atoms with Crippen molar-refractivity contribution in [1.29, 1.82) is 0 Å². The molecule has 1 aliphatic rings. The lowest BCUT2D eigenvalue weighted by Gasteiger charge is -2.12. The number of aromatic hydroxyl groups is 1. The molecule has 1 unspecified atom stereocenters. The van der Waals surface area contributed by atoms with Crippen LogP contribution in [0, 0.1) is 0 Å². The predicted molar refractivity (Wildman–Crippen MR) is 74.8 cm³/mol. The number of amides is 1. The van der Waals surface area contributed by atoms with Crippen LogP contribution < -0.4 is 5.32 Å². The minimum Gasteiger partial charge on any atom is -0.504 e. The van der Waals surface area contributed by atoms with Crippen molar-refractivity contribution < 1.29 is 9.90 Å². The van der Waals surface area contributed by atoms with Crippen LogP contribution in [0.25, 0.3) is 0 Å². The van der Waals surface area contributed by atoms with Gasteiger partial charge in [0, 0.05) is 19.2 Å². The highest BCUT2D eigenvalue weighted by atomic mass is 16.3. The summed E-state index contributed by atoms with van der Waals surface area (Å²) in [5, 5.41) is 16.7. The van der Waals surface area contributed by atoms with Gasteiger partial charge in [0.05, 0.1) is 12.2 Å². The van der Waals surface area contributed by atoms with E-state index in [0.717, 1.165) is 18.7 Å². The Hall–Kier alpha value is -2.44. The van der Waals surface area contributed by atoms with Crippen LogP contribution in [0.2, 0.25) is 0 Å². The van der Waals surface area contributed by atoms with Crippen molar-refractivity contribution >= 4 is 5.91 Å². The molecule has 3 rings (SSSR count). The van der Waals surface area contributed by atoms with Gasteiger partial charge < -0.3 is 10.4 Å². The molecule has 7 nitrogen and oxygen atoms in total. The van der Waals surface area contributed by atoms with E-state index in [4.69, 9.17) is 0 Å². The molecule has 1 saturated carbocycles. The molecular formula is C14H17N5O2. The molecule has 0 saturated heterocycles. The van der Waals surface area contributed by atoms with Gasteiger partial charge in [-0.25, -0.2) is 9.97 Å². The zero-order valence-corrected chi connectivity index (χ0v) is 11.9. The molecule has 0 bridgehead atoms. The largest absolute Gasteiger partial charge is 0.504 e. The van der Waals surface area contributed by atoms with Crippen molar-refractivity contribution in [3.63, 3.8) is 0 Å². The molecule has 2 aromatic heterocycles. The van der Waals surface area contributed by atoms with Crippen molar-refractivity contribution in [1.82, 2.24) is 25.1 Å². The summed E-state index contributed by atoms with van der Waals surface area (Å²) >= 11 is 0. The maximum Gasteiger partial charge on any atom is 0.270 e. The van der Waals surface area contributed by atoms with Crippen LogP contribution >= 0.6 is 0 Å². The fourth-order valence-corrected chi connectivity index (χ4v) is 2.18. The average molecular weight is 287 g/mol. The maximum absolute atomic E-state index is 12.2. The quantitative estimate of drug-likeness (QED) is 0.883. The molecule has 0 radical (unpaired) electrons. The van der Waals surface area contributed by atoms with Gasteiger partial charge in [0.1, 0.15) is 17.2 Å². The molecule has 1 amide bonds. The summed E-state index contributed by atoms with van der Waals surface area (Å²) in [5.41, 5.74) is 0.775. The number of hydrogen-bond acceptors (Lipinski definition) is 5. The zero-order valence-electron chi connectivity index (χ0n) is 11.9. The van der Waals surface area contributed by atoms with Gasteiger partial charge in [-0.2, -0.15) is 5.10 Å². The third kappa shape index (κ3) is 2.86. The average Bonchev–Trinajstić information content (AvgIpc) is 3.24. The molecule has 2 N–H and O–H groups in total. The van der Waals surface area contributed by atoms with Crippen LogP contribution in [0.4, 0.5) is 0 Å². The van der Waals surface area contributed by atoms with Gasteiger partial charge >= 0.3 is 0 Å². The first-order chi connectivity index (χ1) is 10.0. The monoisotopic (exact) mass is 287 g/mol. The third-order valence-electron chi connectivity index (χ3n) is 3.44. The fraction of sp³-hybridized carbons (Fsp3) is 0.429.